The van der Waals surface area contributed by atoms with Gasteiger partial charge in [0.1, 0.15) is 10.6 Å². The summed E-state index contributed by atoms with van der Waals surface area (Å²) in [6.45, 7) is 5.24. The second-order valence-electron chi connectivity index (χ2n) is 5.43. The number of nitrogens with zero attached hydrogens (tertiary/aromatic N) is 1. The molecule has 4 heteroatoms. The Morgan fingerprint density at radius 1 is 1.39 bits per heavy atom. The molecule has 0 bridgehead atoms. The third-order valence-electron chi connectivity index (χ3n) is 3.68. The van der Waals surface area contributed by atoms with E-state index in [2.05, 4.69) is 24.1 Å². The molecule has 0 aromatic carbocycles. The van der Waals surface area contributed by atoms with Crippen molar-refractivity contribution in [2.24, 2.45) is 0 Å². The van der Waals surface area contributed by atoms with Crippen LogP contribution in [0.15, 0.2) is 6.20 Å². The van der Waals surface area contributed by atoms with Crippen LogP contribution >= 0.6 is 11.3 Å². The highest BCUT2D eigenvalue weighted by Crippen LogP contribution is 2.41. The highest BCUT2D eigenvalue weighted by molar-refractivity contribution is 7.11. The first-order valence-corrected chi connectivity index (χ1v) is 7.72. The molecule has 1 aromatic rings. The fraction of sp³-hybridized carbons (Fsp3) is 0.786. The summed E-state index contributed by atoms with van der Waals surface area (Å²) in [6.07, 6.45) is 8.09. The minimum absolute atomic E-state index is 0.0982. The van der Waals surface area contributed by atoms with Crippen LogP contribution in [0.1, 0.15) is 55.8 Å². The van der Waals surface area contributed by atoms with Gasteiger partial charge in [-0.3, -0.25) is 0 Å². The van der Waals surface area contributed by atoms with E-state index in [9.17, 15) is 0 Å². The van der Waals surface area contributed by atoms with Gasteiger partial charge in [-0.05, 0) is 12.8 Å². The van der Waals surface area contributed by atoms with Crippen molar-refractivity contribution in [3.05, 3.63) is 16.1 Å². The number of hydrogen-bond acceptors (Lipinski definition) is 4. The second kappa shape index (κ2) is 6.13. The summed E-state index contributed by atoms with van der Waals surface area (Å²) in [5, 5.41) is 4.61. The monoisotopic (exact) mass is 268 g/mol. The van der Waals surface area contributed by atoms with Crippen molar-refractivity contribution in [2.45, 2.75) is 64.1 Å². The Morgan fingerprint density at radius 2 is 2.11 bits per heavy atom. The number of rotatable bonds is 5. The lowest BCUT2D eigenvalue weighted by Gasteiger charge is -2.34. The zero-order chi connectivity index (χ0) is 13.0. The maximum atomic E-state index is 5.83. The molecule has 1 aliphatic rings. The number of aromatic nitrogens is 1. The van der Waals surface area contributed by atoms with Crippen LogP contribution in [-0.4, -0.2) is 18.1 Å². The Morgan fingerprint density at radius 3 is 2.72 bits per heavy atom. The lowest BCUT2D eigenvalue weighted by molar-refractivity contribution is -0.0446. The minimum Gasteiger partial charge on any atom is -0.371 e. The molecular weight excluding hydrogens is 244 g/mol. The maximum absolute atomic E-state index is 5.83. The molecule has 1 aromatic heterocycles. The highest BCUT2D eigenvalue weighted by atomic mass is 32.1. The number of ether oxygens (including phenoxy) is 1. The fourth-order valence-corrected chi connectivity index (χ4v) is 3.62. The Balaban J connectivity index is 2.07. The third kappa shape index (κ3) is 3.11. The maximum Gasteiger partial charge on any atom is 0.125 e. The molecule has 3 nitrogen and oxygen atoms in total. The Hall–Kier alpha value is -0.450. The molecule has 1 aliphatic carbocycles. The lowest BCUT2D eigenvalue weighted by Crippen LogP contribution is -2.30. The Bertz CT molecular complexity index is 370. The molecule has 0 atom stereocenters. The van der Waals surface area contributed by atoms with Crippen molar-refractivity contribution in [3.8, 4) is 0 Å². The van der Waals surface area contributed by atoms with Crippen molar-refractivity contribution in [1.82, 2.24) is 10.3 Å². The summed E-state index contributed by atoms with van der Waals surface area (Å²) in [6, 6.07) is 0.515. The Labute approximate surface area is 114 Å². The third-order valence-corrected chi connectivity index (χ3v) is 4.86. The van der Waals surface area contributed by atoms with Crippen LogP contribution in [0, 0.1) is 0 Å². The predicted molar refractivity (Wildman–Crippen MR) is 75.9 cm³/mol. The molecule has 2 rings (SSSR count). The van der Waals surface area contributed by atoms with E-state index >= 15 is 0 Å². The molecule has 1 fully saturated rings. The summed E-state index contributed by atoms with van der Waals surface area (Å²) < 4.78 is 5.83. The van der Waals surface area contributed by atoms with Crippen LogP contribution in [0.25, 0.3) is 0 Å². The van der Waals surface area contributed by atoms with E-state index in [1.54, 1.807) is 11.3 Å². The van der Waals surface area contributed by atoms with Crippen LogP contribution in [0.4, 0.5) is 0 Å². The summed E-state index contributed by atoms with van der Waals surface area (Å²) in [5.41, 5.74) is -0.0982. The van der Waals surface area contributed by atoms with Gasteiger partial charge in [-0.1, -0.05) is 33.1 Å². The van der Waals surface area contributed by atoms with Crippen LogP contribution in [0.5, 0.6) is 0 Å². The highest BCUT2D eigenvalue weighted by Gasteiger charge is 2.36. The van der Waals surface area contributed by atoms with Crippen LogP contribution in [0.3, 0.4) is 0 Å². The molecule has 18 heavy (non-hydrogen) atoms. The molecule has 0 aliphatic heterocycles. The first kappa shape index (κ1) is 14.0. The van der Waals surface area contributed by atoms with Gasteiger partial charge in [0.15, 0.2) is 0 Å². The van der Waals surface area contributed by atoms with E-state index in [1.165, 1.54) is 29.1 Å². The van der Waals surface area contributed by atoms with E-state index < -0.39 is 0 Å². The van der Waals surface area contributed by atoms with Crippen LogP contribution < -0.4 is 5.32 Å². The normalized spacial score (nSPS) is 19.3. The molecule has 0 radical (unpaired) electrons. The van der Waals surface area contributed by atoms with E-state index in [4.69, 9.17) is 4.74 Å². The van der Waals surface area contributed by atoms with Gasteiger partial charge in [0.25, 0.3) is 0 Å². The molecular formula is C14H24N2OS. The smallest absolute Gasteiger partial charge is 0.125 e. The number of hydrogen-bond donors (Lipinski definition) is 1. The summed E-state index contributed by atoms with van der Waals surface area (Å²) in [5.74, 6) is 0. The van der Waals surface area contributed by atoms with Gasteiger partial charge in [-0.15, -0.1) is 11.3 Å². The van der Waals surface area contributed by atoms with Crippen molar-refractivity contribution in [1.29, 1.82) is 0 Å². The topological polar surface area (TPSA) is 34.1 Å². The van der Waals surface area contributed by atoms with Gasteiger partial charge in [-0.25, -0.2) is 4.98 Å². The van der Waals surface area contributed by atoms with E-state index in [0.717, 1.165) is 19.4 Å². The van der Waals surface area contributed by atoms with Gasteiger partial charge < -0.3 is 10.1 Å². The van der Waals surface area contributed by atoms with Crippen molar-refractivity contribution < 1.29 is 4.74 Å². The average Bonchev–Trinajstić information content (AvgIpc) is 2.86. The first-order chi connectivity index (χ1) is 8.66. The minimum atomic E-state index is -0.0982. The van der Waals surface area contributed by atoms with E-state index in [-0.39, 0.29) is 5.60 Å². The fourth-order valence-electron chi connectivity index (χ4n) is 2.53. The molecule has 1 heterocycles. The number of nitrogens with one attached hydrogen (secondary N) is 1. The van der Waals surface area contributed by atoms with Crippen molar-refractivity contribution in [3.63, 3.8) is 0 Å². The molecule has 0 amide bonds. The number of thiazole rings is 1. The summed E-state index contributed by atoms with van der Waals surface area (Å²) in [4.78, 5) is 5.92. The van der Waals surface area contributed by atoms with Crippen molar-refractivity contribution >= 4 is 11.3 Å². The van der Waals surface area contributed by atoms with Gasteiger partial charge >= 0.3 is 0 Å². The molecule has 1 saturated carbocycles. The second-order valence-corrected chi connectivity index (χ2v) is 6.54. The summed E-state index contributed by atoms with van der Waals surface area (Å²) in [7, 11) is 1.83. The molecule has 0 spiro atoms. The predicted octanol–water partition coefficient (Wildman–Crippen LogP) is 3.45. The van der Waals surface area contributed by atoms with Crippen LogP contribution in [-0.2, 0) is 16.9 Å². The summed E-state index contributed by atoms with van der Waals surface area (Å²) >= 11 is 1.81. The zero-order valence-electron chi connectivity index (χ0n) is 11.7. The first-order valence-electron chi connectivity index (χ1n) is 6.90. The van der Waals surface area contributed by atoms with Gasteiger partial charge in [0, 0.05) is 30.8 Å². The van der Waals surface area contributed by atoms with Gasteiger partial charge in [0.05, 0.1) is 0 Å². The van der Waals surface area contributed by atoms with Gasteiger partial charge in [0.2, 0.25) is 0 Å². The Kier molecular flexibility index (Phi) is 4.76. The molecule has 0 saturated heterocycles. The quantitative estimate of drug-likeness (QED) is 0.888. The number of methoxy groups -OCH3 is 1. The zero-order valence-corrected chi connectivity index (χ0v) is 12.5. The van der Waals surface area contributed by atoms with Crippen molar-refractivity contribution in [2.75, 3.05) is 7.11 Å². The SMILES string of the molecule is COC1(c2ncc(CNC(C)C)s2)CCCCC1. The molecule has 0 unspecified atom stereocenters. The molecule has 1 N–H and O–H groups in total. The largest absolute Gasteiger partial charge is 0.371 e. The standard InChI is InChI=1S/C14H24N2OS/c1-11(2)15-9-12-10-16-13(18-12)14(17-3)7-5-4-6-8-14/h10-11,15H,4-9H2,1-3H3. The lowest BCUT2D eigenvalue weighted by atomic mass is 9.85. The average molecular weight is 268 g/mol. The van der Waals surface area contributed by atoms with Gasteiger partial charge in [-0.2, -0.15) is 0 Å². The van der Waals surface area contributed by atoms with E-state index in [0.29, 0.717) is 6.04 Å². The van der Waals surface area contributed by atoms with E-state index in [1.807, 2.05) is 13.3 Å². The molecule has 102 valence electrons. The van der Waals surface area contributed by atoms with Crippen LogP contribution in [0.2, 0.25) is 0 Å².